The Morgan fingerprint density at radius 2 is 2.00 bits per heavy atom. The second kappa shape index (κ2) is 6.67. The van der Waals surface area contributed by atoms with Crippen molar-refractivity contribution in [1.82, 2.24) is 10.3 Å². The number of pyridine rings is 1. The van der Waals surface area contributed by atoms with Crippen LogP contribution in [0.2, 0.25) is 0 Å². The molecule has 1 aliphatic heterocycles. The summed E-state index contributed by atoms with van der Waals surface area (Å²) in [5.74, 6) is 0.459. The van der Waals surface area contributed by atoms with Gasteiger partial charge in [0.25, 0.3) is 11.5 Å². The van der Waals surface area contributed by atoms with E-state index in [9.17, 15) is 9.59 Å². The lowest BCUT2D eigenvalue weighted by atomic mass is 9.97. The molecule has 132 valence electrons. The first-order valence-electron chi connectivity index (χ1n) is 8.79. The van der Waals surface area contributed by atoms with Gasteiger partial charge in [0.05, 0.1) is 12.6 Å². The van der Waals surface area contributed by atoms with Crippen LogP contribution in [0.25, 0.3) is 10.8 Å². The number of H-pyrrole nitrogens is 1. The van der Waals surface area contributed by atoms with Crippen LogP contribution in [-0.4, -0.2) is 17.5 Å². The van der Waals surface area contributed by atoms with Gasteiger partial charge in [-0.3, -0.25) is 9.59 Å². The van der Waals surface area contributed by atoms with Gasteiger partial charge in [0.1, 0.15) is 11.3 Å². The number of hydrogen-bond acceptors (Lipinski definition) is 3. The van der Waals surface area contributed by atoms with Gasteiger partial charge in [-0.15, -0.1) is 0 Å². The quantitative estimate of drug-likeness (QED) is 0.745. The van der Waals surface area contributed by atoms with Crippen molar-refractivity contribution in [3.8, 4) is 5.75 Å². The van der Waals surface area contributed by atoms with Gasteiger partial charge in [-0.25, -0.2) is 0 Å². The minimum absolute atomic E-state index is 0.128. The topological polar surface area (TPSA) is 71.2 Å². The number of amides is 1. The zero-order chi connectivity index (χ0) is 18.1. The molecule has 5 heteroatoms. The Bertz CT molecular complexity index is 1040. The van der Waals surface area contributed by atoms with E-state index in [1.807, 2.05) is 36.4 Å². The lowest BCUT2D eigenvalue weighted by molar-refractivity contribution is 0.0933. The predicted octanol–water partition coefficient (Wildman–Crippen LogP) is 3.48. The van der Waals surface area contributed by atoms with Crippen LogP contribution in [0.3, 0.4) is 0 Å². The Morgan fingerprint density at radius 3 is 2.85 bits per heavy atom. The van der Waals surface area contributed by atoms with Gasteiger partial charge in [-0.1, -0.05) is 36.4 Å². The largest absolute Gasteiger partial charge is 0.493 e. The molecule has 1 unspecified atom stereocenters. The molecule has 0 saturated heterocycles. The monoisotopic (exact) mass is 348 g/mol. The van der Waals surface area contributed by atoms with Crippen molar-refractivity contribution >= 4 is 16.7 Å². The first kappa shape index (κ1) is 16.4. The molecular weight excluding hydrogens is 328 g/mol. The molecule has 0 spiro atoms. The fourth-order valence-corrected chi connectivity index (χ4v) is 3.45. The first-order chi connectivity index (χ1) is 12.6. The molecule has 1 amide bonds. The highest BCUT2D eigenvalue weighted by molar-refractivity contribution is 5.94. The number of aromatic amines is 1. The molecule has 1 aliphatic rings. The highest BCUT2D eigenvalue weighted by Crippen LogP contribution is 2.37. The standard InChI is InChI=1S/C21H20N2O3/c1-13-8-10-17(20(24)22-13)21(25)23-18-7-4-12-26-19-15-6-3-2-5-14(15)9-11-16(18)19/h2-3,5-6,8-11,18H,4,7,12H2,1H3,(H,22,24)(H,23,25). The average Bonchev–Trinajstić information content (AvgIpc) is 2.84. The number of aryl methyl sites for hydroxylation is 1. The van der Waals surface area contributed by atoms with Gasteiger partial charge in [0, 0.05) is 16.6 Å². The maximum absolute atomic E-state index is 12.7. The maximum atomic E-state index is 12.7. The molecule has 2 aromatic carbocycles. The summed E-state index contributed by atoms with van der Waals surface area (Å²) in [5.41, 5.74) is 1.44. The summed E-state index contributed by atoms with van der Waals surface area (Å²) in [4.78, 5) is 27.4. The Kier molecular flexibility index (Phi) is 4.21. The molecule has 0 radical (unpaired) electrons. The third-order valence-electron chi connectivity index (χ3n) is 4.77. The van der Waals surface area contributed by atoms with E-state index in [0.29, 0.717) is 6.61 Å². The Balaban J connectivity index is 1.71. The van der Waals surface area contributed by atoms with Crippen LogP contribution < -0.4 is 15.6 Å². The smallest absolute Gasteiger partial charge is 0.260 e. The lowest BCUT2D eigenvalue weighted by Gasteiger charge is -2.19. The molecule has 2 heterocycles. The van der Waals surface area contributed by atoms with Crippen LogP contribution >= 0.6 is 0 Å². The van der Waals surface area contributed by atoms with E-state index in [-0.39, 0.29) is 23.1 Å². The van der Waals surface area contributed by atoms with E-state index >= 15 is 0 Å². The Morgan fingerprint density at radius 1 is 1.15 bits per heavy atom. The SMILES string of the molecule is Cc1ccc(C(=O)NC2CCCOc3c2ccc2ccccc32)c(=O)[nH]1. The molecule has 5 nitrogen and oxygen atoms in total. The second-order valence-corrected chi connectivity index (χ2v) is 6.61. The molecule has 0 fully saturated rings. The van der Waals surface area contributed by atoms with Gasteiger partial charge >= 0.3 is 0 Å². The van der Waals surface area contributed by atoms with Crippen molar-refractivity contribution in [2.75, 3.05) is 6.61 Å². The van der Waals surface area contributed by atoms with Crippen molar-refractivity contribution in [2.24, 2.45) is 0 Å². The predicted molar refractivity (Wildman–Crippen MR) is 101 cm³/mol. The number of carbonyl (C=O) groups excluding carboxylic acids is 1. The number of aromatic nitrogens is 1. The minimum atomic E-state index is -0.369. The van der Waals surface area contributed by atoms with Crippen LogP contribution in [0.4, 0.5) is 0 Å². The van der Waals surface area contributed by atoms with Crippen LogP contribution in [0.5, 0.6) is 5.75 Å². The summed E-state index contributed by atoms with van der Waals surface area (Å²) in [6.07, 6.45) is 1.60. The van der Waals surface area contributed by atoms with Crippen LogP contribution in [-0.2, 0) is 0 Å². The number of nitrogens with one attached hydrogen (secondary N) is 2. The molecular formula is C21H20N2O3. The van der Waals surface area contributed by atoms with Crippen LogP contribution in [0.15, 0.2) is 53.3 Å². The van der Waals surface area contributed by atoms with Crippen molar-refractivity contribution in [3.05, 3.63) is 75.7 Å². The van der Waals surface area contributed by atoms with Gasteiger partial charge in [-0.2, -0.15) is 0 Å². The molecule has 1 atom stereocenters. The van der Waals surface area contributed by atoms with E-state index in [1.54, 1.807) is 19.1 Å². The van der Waals surface area contributed by atoms with Gasteiger partial charge in [-0.05, 0) is 37.3 Å². The number of fused-ring (bicyclic) bond motifs is 3. The zero-order valence-corrected chi connectivity index (χ0v) is 14.5. The van der Waals surface area contributed by atoms with E-state index in [0.717, 1.165) is 40.6 Å². The van der Waals surface area contributed by atoms with Gasteiger partial charge < -0.3 is 15.0 Å². The van der Waals surface area contributed by atoms with Crippen molar-refractivity contribution in [1.29, 1.82) is 0 Å². The summed E-state index contributed by atoms with van der Waals surface area (Å²) in [6, 6.07) is 15.2. The molecule has 0 bridgehead atoms. The highest BCUT2D eigenvalue weighted by atomic mass is 16.5. The van der Waals surface area contributed by atoms with Crippen molar-refractivity contribution in [3.63, 3.8) is 0 Å². The van der Waals surface area contributed by atoms with E-state index in [2.05, 4.69) is 10.3 Å². The Hall–Kier alpha value is -3.08. The maximum Gasteiger partial charge on any atom is 0.260 e. The van der Waals surface area contributed by atoms with Gasteiger partial charge in [0.2, 0.25) is 0 Å². The number of hydrogen-bond donors (Lipinski definition) is 2. The van der Waals surface area contributed by atoms with Crippen molar-refractivity contribution < 1.29 is 9.53 Å². The number of rotatable bonds is 2. The van der Waals surface area contributed by atoms with E-state index < -0.39 is 0 Å². The van der Waals surface area contributed by atoms with Crippen LogP contribution in [0.1, 0.15) is 40.5 Å². The lowest BCUT2D eigenvalue weighted by Crippen LogP contribution is -2.32. The molecule has 3 aromatic rings. The summed E-state index contributed by atoms with van der Waals surface area (Å²) in [6.45, 7) is 2.39. The number of ether oxygens (including phenoxy) is 1. The third-order valence-corrected chi connectivity index (χ3v) is 4.77. The van der Waals surface area contributed by atoms with E-state index in [1.165, 1.54) is 0 Å². The number of benzene rings is 2. The fraction of sp³-hybridized carbons (Fsp3) is 0.238. The molecule has 2 N–H and O–H groups in total. The first-order valence-corrected chi connectivity index (χ1v) is 8.79. The second-order valence-electron chi connectivity index (χ2n) is 6.61. The summed E-state index contributed by atoms with van der Waals surface area (Å²) >= 11 is 0. The normalized spacial score (nSPS) is 16.4. The average molecular weight is 348 g/mol. The summed E-state index contributed by atoms with van der Waals surface area (Å²) in [5, 5.41) is 5.16. The zero-order valence-electron chi connectivity index (χ0n) is 14.5. The summed E-state index contributed by atoms with van der Waals surface area (Å²) < 4.78 is 6.00. The van der Waals surface area contributed by atoms with E-state index in [4.69, 9.17) is 4.74 Å². The third kappa shape index (κ3) is 2.96. The Labute approximate surface area is 151 Å². The molecule has 4 rings (SSSR count). The molecule has 26 heavy (non-hydrogen) atoms. The fourth-order valence-electron chi connectivity index (χ4n) is 3.45. The highest BCUT2D eigenvalue weighted by Gasteiger charge is 2.24. The number of carbonyl (C=O) groups is 1. The van der Waals surface area contributed by atoms with Crippen LogP contribution in [0, 0.1) is 6.92 Å². The van der Waals surface area contributed by atoms with Crippen molar-refractivity contribution in [2.45, 2.75) is 25.8 Å². The molecule has 1 aromatic heterocycles. The van der Waals surface area contributed by atoms with Gasteiger partial charge in [0.15, 0.2) is 0 Å². The molecule has 0 aliphatic carbocycles. The molecule has 0 saturated carbocycles. The minimum Gasteiger partial charge on any atom is -0.493 e. The summed E-state index contributed by atoms with van der Waals surface area (Å²) in [7, 11) is 0.